The fourth-order valence-electron chi connectivity index (χ4n) is 3.90. The van der Waals surface area contributed by atoms with E-state index in [0.717, 1.165) is 0 Å². The molecule has 4 aromatic rings. The summed E-state index contributed by atoms with van der Waals surface area (Å²) in [6, 6.07) is 35.2. The number of ether oxygens (including phenoxy) is 2. The Hall–Kier alpha value is -3.33. The van der Waals surface area contributed by atoms with Crippen LogP contribution in [0.3, 0.4) is 0 Å². The van der Waals surface area contributed by atoms with Gasteiger partial charge in [0.1, 0.15) is 0 Å². The molecular formula is C27H26NO3P. The Balaban J connectivity index is 1.55. The van der Waals surface area contributed by atoms with Gasteiger partial charge in [-0.15, -0.1) is 0 Å². The molecule has 0 amide bonds. The monoisotopic (exact) mass is 443 g/mol. The Bertz CT molecular complexity index is 1010. The third-order valence-electron chi connectivity index (χ3n) is 5.48. The van der Waals surface area contributed by atoms with Crippen LogP contribution in [0.2, 0.25) is 0 Å². The average molecular weight is 443 g/mol. The summed E-state index contributed by atoms with van der Waals surface area (Å²) in [5.41, 5.74) is 0.439. The molecule has 162 valence electrons. The Labute approximate surface area is 189 Å². The van der Waals surface area contributed by atoms with E-state index in [1.807, 2.05) is 18.2 Å². The summed E-state index contributed by atoms with van der Waals surface area (Å²) in [5.74, 6) is -0.389. The number of carbonyl (C=O) groups is 1. The predicted octanol–water partition coefficient (Wildman–Crippen LogP) is 3.94. The first kappa shape index (κ1) is 21.9. The predicted molar refractivity (Wildman–Crippen MR) is 132 cm³/mol. The second kappa shape index (κ2) is 10.8. The van der Waals surface area contributed by atoms with Crippen LogP contribution < -0.4 is 15.9 Å². The van der Waals surface area contributed by atoms with Crippen LogP contribution >= 0.6 is 7.26 Å². The van der Waals surface area contributed by atoms with E-state index in [4.69, 9.17) is 9.47 Å². The zero-order chi connectivity index (χ0) is 22.1. The Kier molecular flexibility index (Phi) is 7.39. The van der Waals surface area contributed by atoms with Crippen LogP contribution in [-0.4, -0.2) is 30.5 Å². The number of pyridine rings is 1. The number of esters is 1. The Morgan fingerprint density at radius 1 is 0.688 bits per heavy atom. The van der Waals surface area contributed by atoms with Crippen molar-refractivity contribution in [3.05, 3.63) is 121 Å². The van der Waals surface area contributed by atoms with Crippen molar-refractivity contribution in [2.75, 3.05) is 19.6 Å². The molecule has 0 radical (unpaired) electrons. The van der Waals surface area contributed by atoms with E-state index in [1.165, 1.54) is 22.1 Å². The molecule has 5 heteroatoms. The van der Waals surface area contributed by atoms with Crippen molar-refractivity contribution in [1.82, 2.24) is 4.98 Å². The Morgan fingerprint density at radius 3 is 1.69 bits per heavy atom. The number of nitrogens with zero attached hydrogens (tertiary/aromatic N) is 1. The molecule has 0 spiro atoms. The molecule has 0 aliphatic carbocycles. The number of aromatic nitrogens is 1. The number of rotatable bonds is 9. The van der Waals surface area contributed by atoms with E-state index in [2.05, 4.69) is 77.8 Å². The van der Waals surface area contributed by atoms with Crippen molar-refractivity contribution in [1.29, 1.82) is 0 Å². The molecule has 0 bridgehead atoms. The van der Waals surface area contributed by atoms with Crippen molar-refractivity contribution in [2.45, 2.75) is 0 Å². The van der Waals surface area contributed by atoms with Crippen molar-refractivity contribution in [2.24, 2.45) is 0 Å². The molecule has 3 aromatic carbocycles. The first-order valence-electron chi connectivity index (χ1n) is 10.6. The summed E-state index contributed by atoms with van der Waals surface area (Å²) in [6.45, 7) is 0.518. The maximum atomic E-state index is 12.2. The summed E-state index contributed by atoms with van der Waals surface area (Å²) in [4.78, 5) is 16.1. The van der Waals surface area contributed by atoms with Gasteiger partial charge in [-0.2, -0.15) is 0 Å². The number of hydrogen-bond acceptors (Lipinski definition) is 4. The second-order valence-corrected chi connectivity index (χ2v) is 11.3. The fraction of sp³-hybridized carbons (Fsp3) is 0.111. The van der Waals surface area contributed by atoms with Crippen molar-refractivity contribution in [3.63, 3.8) is 0 Å². The standard InChI is InChI=1S/C27H26NO3P/c29-27(23-11-10-18-28-21-23)31-20-19-30-22-32(24-12-4-1-5-13-24,25-14-6-2-7-15-25)26-16-8-3-9-17-26/h1-18,21,32H,19-20,22H2. The fourth-order valence-corrected chi connectivity index (χ4v) is 8.14. The van der Waals surface area contributed by atoms with Crippen molar-refractivity contribution in [3.8, 4) is 0 Å². The van der Waals surface area contributed by atoms with E-state index < -0.39 is 7.26 Å². The van der Waals surface area contributed by atoms with Gasteiger partial charge in [-0.1, -0.05) is 0 Å². The first-order chi connectivity index (χ1) is 15.8. The molecule has 0 N–H and O–H groups in total. The summed E-state index contributed by atoms with van der Waals surface area (Å²) in [7, 11) is -2.44. The molecule has 0 saturated heterocycles. The van der Waals surface area contributed by atoms with Gasteiger partial charge in [0.25, 0.3) is 0 Å². The zero-order valence-corrected chi connectivity index (χ0v) is 18.8. The van der Waals surface area contributed by atoms with E-state index >= 15 is 0 Å². The molecule has 4 nitrogen and oxygen atoms in total. The van der Waals surface area contributed by atoms with Gasteiger partial charge in [0.2, 0.25) is 0 Å². The second-order valence-electron chi connectivity index (χ2n) is 7.43. The summed E-state index contributed by atoms with van der Waals surface area (Å²) in [5, 5.41) is 3.85. The molecule has 0 fully saturated rings. The van der Waals surface area contributed by atoms with Gasteiger partial charge in [-0.25, -0.2) is 0 Å². The normalized spacial score (nSPS) is 11.6. The minimum absolute atomic E-state index is 0.191. The van der Waals surface area contributed by atoms with Crippen LogP contribution in [0.4, 0.5) is 0 Å². The molecule has 32 heavy (non-hydrogen) atoms. The molecule has 1 aromatic heterocycles. The maximum absolute atomic E-state index is 12.2. The van der Waals surface area contributed by atoms with Crippen molar-refractivity contribution >= 4 is 29.1 Å². The summed E-state index contributed by atoms with van der Waals surface area (Å²) in [6.07, 6.45) is 3.68. The quantitative estimate of drug-likeness (QED) is 0.223. The number of hydrogen-bond donors (Lipinski definition) is 0. The molecule has 0 unspecified atom stereocenters. The Morgan fingerprint density at radius 2 is 1.22 bits per heavy atom. The van der Waals surface area contributed by atoms with E-state index in [0.29, 0.717) is 18.5 Å². The van der Waals surface area contributed by atoms with E-state index in [-0.39, 0.29) is 12.6 Å². The van der Waals surface area contributed by atoms with E-state index in [1.54, 1.807) is 18.3 Å². The van der Waals surface area contributed by atoms with Crippen LogP contribution in [0.1, 0.15) is 10.4 Å². The molecule has 0 atom stereocenters. The minimum atomic E-state index is -2.44. The van der Waals surface area contributed by atoms with Gasteiger partial charge in [0, 0.05) is 0 Å². The summed E-state index contributed by atoms with van der Waals surface area (Å²) >= 11 is 0. The first-order valence-corrected chi connectivity index (χ1v) is 12.8. The van der Waals surface area contributed by atoms with Gasteiger partial charge in [-0.05, 0) is 0 Å². The van der Waals surface area contributed by atoms with Crippen LogP contribution in [0, 0.1) is 0 Å². The van der Waals surface area contributed by atoms with Crippen LogP contribution in [0.25, 0.3) is 0 Å². The molecule has 4 rings (SSSR count). The molecule has 0 aliphatic heterocycles. The molecule has 0 aliphatic rings. The van der Waals surface area contributed by atoms with Gasteiger partial charge >= 0.3 is 189 Å². The number of carbonyl (C=O) groups excluding carboxylic acids is 1. The zero-order valence-electron chi connectivity index (χ0n) is 17.8. The third-order valence-corrected chi connectivity index (χ3v) is 10.1. The topological polar surface area (TPSA) is 48.4 Å². The van der Waals surface area contributed by atoms with Gasteiger partial charge in [0.15, 0.2) is 0 Å². The summed E-state index contributed by atoms with van der Waals surface area (Å²) < 4.78 is 11.6. The molecule has 0 saturated carbocycles. The van der Waals surface area contributed by atoms with Gasteiger partial charge in [-0.3, -0.25) is 0 Å². The van der Waals surface area contributed by atoms with Crippen LogP contribution in [0.5, 0.6) is 0 Å². The molecule has 1 heterocycles. The number of benzene rings is 3. The van der Waals surface area contributed by atoms with Crippen LogP contribution in [-0.2, 0) is 9.47 Å². The van der Waals surface area contributed by atoms with Gasteiger partial charge in [0.05, 0.1) is 0 Å². The molecular weight excluding hydrogens is 417 g/mol. The van der Waals surface area contributed by atoms with E-state index in [9.17, 15) is 4.79 Å². The average Bonchev–Trinajstić information content (AvgIpc) is 2.88. The van der Waals surface area contributed by atoms with Crippen molar-refractivity contribution < 1.29 is 14.3 Å². The van der Waals surface area contributed by atoms with Crippen LogP contribution in [0.15, 0.2) is 116 Å². The SMILES string of the molecule is O=C(OCCOC[PH](c1ccccc1)(c1ccccc1)c1ccccc1)c1cccnc1. The third kappa shape index (κ3) is 4.94. The van der Waals surface area contributed by atoms with Gasteiger partial charge < -0.3 is 0 Å².